The van der Waals surface area contributed by atoms with Gasteiger partial charge in [0, 0.05) is 24.5 Å². The highest BCUT2D eigenvalue weighted by Crippen LogP contribution is 2.26. The Morgan fingerprint density at radius 1 is 1.72 bits per heavy atom. The van der Waals surface area contributed by atoms with Crippen LogP contribution in [-0.2, 0) is 11.3 Å². The van der Waals surface area contributed by atoms with Gasteiger partial charge in [0.2, 0.25) is 5.91 Å². The standard InChI is InChI=1S/C11H15F2N3OS/c1-7-14-4-8(18-7)5-16(2)10(17)9-3-11(12,13)6-15-9/h4,9,15H,3,5-6H2,1-2H3. The Balaban J connectivity index is 1.93. The predicted octanol–water partition coefficient (Wildman–Crippen LogP) is 1.41. The van der Waals surface area contributed by atoms with Crippen LogP contribution in [-0.4, -0.2) is 41.3 Å². The molecular formula is C11H15F2N3OS. The van der Waals surface area contributed by atoms with Crippen LogP contribution in [0.15, 0.2) is 6.20 Å². The van der Waals surface area contributed by atoms with E-state index in [0.29, 0.717) is 6.54 Å². The van der Waals surface area contributed by atoms with E-state index in [-0.39, 0.29) is 5.91 Å². The summed E-state index contributed by atoms with van der Waals surface area (Å²) in [6, 6.07) is -0.779. The van der Waals surface area contributed by atoms with Crippen LogP contribution in [0.4, 0.5) is 8.78 Å². The van der Waals surface area contributed by atoms with E-state index in [2.05, 4.69) is 10.3 Å². The number of carbonyl (C=O) groups excluding carboxylic acids is 1. The van der Waals surface area contributed by atoms with Crippen molar-refractivity contribution >= 4 is 17.2 Å². The third-order valence-electron chi connectivity index (χ3n) is 2.85. The number of nitrogens with one attached hydrogen (secondary N) is 1. The highest BCUT2D eigenvalue weighted by molar-refractivity contribution is 7.11. The van der Waals surface area contributed by atoms with Crippen molar-refractivity contribution in [3.05, 3.63) is 16.1 Å². The minimum Gasteiger partial charge on any atom is -0.339 e. The normalized spacial score (nSPS) is 22.1. The lowest BCUT2D eigenvalue weighted by Gasteiger charge is -2.20. The number of aryl methyl sites for hydroxylation is 1. The third-order valence-corrected chi connectivity index (χ3v) is 3.74. The fourth-order valence-corrected chi connectivity index (χ4v) is 2.79. The average Bonchev–Trinajstić information content (AvgIpc) is 2.83. The monoisotopic (exact) mass is 275 g/mol. The van der Waals surface area contributed by atoms with Crippen LogP contribution in [0, 0.1) is 6.92 Å². The summed E-state index contributed by atoms with van der Waals surface area (Å²) in [5.41, 5.74) is 0. The molecular weight excluding hydrogens is 260 g/mol. The van der Waals surface area contributed by atoms with Crippen molar-refractivity contribution in [2.45, 2.75) is 31.9 Å². The summed E-state index contributed by atoms with van der Waals surface area (Å²) < 4.78 is 26.0. The first kappa shape index (κ1) is 13.4. The molecule has 7 heteroatoms. The molecule has 0 spiro atoms. The molecule has 0 aliphatic carbocycles. The molecule has 1 saturated heterocycles. The molecule has 1 aromatic rings. The van der Waals surface area contributed by atoms with Crippen molar-refractivity contribution in [1.82, 2.24) is 15.2 Å². The lowest BCUT2D eigenvalue weighted by Crippen LogP contribution is -2.41. The van der Waals surface area contributed by atoms with Crippen molar-refractivity contribution in [1.29, 1.82) is 0 Å². The maximum atomic E-state index is 13.0. The van der Waals surface area contributed by atoms with E-state index < -0.39 is 24.9 Å². The summed E-state index contributed by atoms with van der Waals surface area (Å²) >= 11 is 1.50. The highest BCUT2D eigenvalue weighted by Gasteiger charge is 2.43. The Bertz CT molecular complexity index is 449. The molecule has 1 unspecified atom stereocenters. The molecule has 100 valence electrons. The van der Waals surface area contributed by atoms with Gasteiger partial charge in [-0.1, -0.05) is 0 Å². The van der Waals surface area contributed by atoms with Gasteiger partial charge in [-0.3, -0.25) is 10.1 Å². The lowest BCUT2D eigenvalue weighted by molar-refractivity contribution is -0.132. The molecule has 1 amide bonds. The summed E-state index contributed by atoms with van der Waals surface area (Å²) in [4.78, 5) is 18.5. The number of halogens is 2. The molecule has 1 fully saturated rings. The zero-order chi connectivity index (χ0) is 13.3. The molecule has 4 nitrogen and oxygen atoms in total. The van der Waals surface area contributed by atoms with Crippen molar-refractivity contribution in [3.63, 3.8) is 0 Å². The van der Waals surface area contributed by atoms with Crippen molar-refractivity contribution < 1.29 is 13.6 Å². The number of amides is 1. The Hall–Kier alpha value is -1.08. The molecule has 1 aromatic heterocycles. The first-order chi connectivity index (χ1) is 8.37. The van der Waals surface area contributed by atoms with Crippen LogP contribution >= 0.6 is 11.3 Å². The minimum absolute atomic E-state index is 0.293. The summed E-state index contributed by atoms with van der Waals surface area (Å²) in [5, 5.41) is 3.49. The molecule has 18 heavy (non-hydrogen) atoms. The summed E-state index contributed by atoms with van der Waals surface area (Å²) in [6.45, 7) is 1.88. The summed E-state index contributed by atoms with van der Waals surface area (Å²) in [7, 11) is 1.62. The van der Waals surface area contributed by atoms with Crippen LogP contribution in [0.3, 0.4) is 0 Å². The Morgan fingerprint density at radius 3 is 2.94 bits per heavy atom. The van der Waals surface area contributed by atoms with Gasteiger partial charge >= 0.3 is 0 Å². The van der Waals surface area contributed by atoms with E-state index in [1.165, 1.54) is 16.2 Å². The number of thiazole rings is 1. The molecule has 1 atom stereocenters. The van der Waals surface area contributed by atoms with Crippen LogP contribution in [0.5, 0.6) is 0 Å². The van der Waals surface area contributed by atoms with Gasteiger partial charge in [-0.2, -0.15) is 0 Å². The Morgan fingerprint density at radius 2 is 2.44 bits per heavy atom. The van der Waals surface area contributed by atoms with Gasteiger partial charge < -0.3 is 4.90 Å². The number of aromatic nitrogens is 1. The topological polar surface area (TPSA) is 45.2 Å². The minimum atomic E-state index is -2.78. The van der Waals surface area contributed by atoms with E-state index >= 15 is 0 Å². The average molecular weight is 275 g/mol. The number of carbonyl (C=O) groups is 1. The fraction of sp³-hybridized carbons (Fsp3) is 0.636. The molecule has 1 N–H and O–H groups in total. The van der Waals surface area contributed by atoms with E-state index in [0.717, 1.165) is 9.88 Å². The van der Waals surface area contributed by atoms with Crippen LogP contribution in [0.1, 0.15) is 16.3 Å². The van der Waals surface area contributed by atoms with Gasteiger partial charge in [0.1, 0.15) is 0 Å². The van der Waals surface area contributed by atoms with Crippen LogP contribution in [0.2, 0.25) is 0 Å². The fourth-order valence-electron chi connectivity index (χ4n) is 1.95. The number of rotatable bonds is 3. The Kier molecular flexibility index (Phi) is 3.63. The number of likely N-dealkylation sites (N-methyl/N-ethyl adjacent to an activating group) is 1. The van der Waals surface area contributed by atoms with Gasteiger partial charge in [0.15, 0.2) is 0 Å². The summed E-state index contributed by atoms with van der Waals surface area (Å²) in [5.74, 6) is -3.07. The molecule has 2 heterocycles. The zero-order valence-electron chi connectivity index (χ0n) is 10.2. The first-order valence-electron chi connectivity index (χ1n) is 5.65. The van der Waals surface area contributed by atoms with Crippen molar-refractivity contribution in [2.75, 3.05) is 13.6 Å². The van der Waals surface area contributed by atoms with Gasteiger partial charge in [0.25, 0.3) is 5.92 Å². The first-order valence-corrected chi connectivity index (χ1v) is 6.46. The number of hydrogen-bond acceptors (Lipinski definition) is 4. The smallest absolute Gasteiger partial charge is 0.262 e. The number of alkyl halides is 2. The molecule has 0 radical (unpaired) electrons. The molecule has 2 rings (SSSR count). The van der Waals surface area contributed by atoms with Crippen molar-refractivity contribution in [3.8, 4) is 0 Å². The zero-order valence-corrected chi connectivity index (χ0v) is 11.1. The third kappa shape index (κ3) is 3.02. The van der Waals surface area contributed by atoms with E-state index in [1.54, 1.807) is 13.2 Å². The quantitative estimate of drug-likeness (QED) is 0.907. The largest absolute Gasteiger partial charge is 0.339 e. The predicted molar refractivity (Wildman–Crippen MR) is 64.7 cm³/mol. The van der Waals surface area contributed by atoms with E-state index in [9.17, 15) is 13.6 Å². The van der Waals surface area contributed by atoms with E-state index in [1.807, 2.05) is 6.92 Å². The van der Waals surface area contributed by atoms with Crippen LogP contribution in [0.25, 0.3) is 0 Å². The SMILES string of the molecule is Cc1ncc(CN(C)C(=O)C2CC(F)(F)CN2)s1. The second-order valence-electron chi connectivity index (χ2n) is 4.53. The maximum Gasteiger partial charge on any atom is 0.262 e. The van der Waals surface area contributed by atoms with Crippen molar-refractivity contribution in [2.24, 2.45) is 0 Å². The Labute approximate surface area is 108 Å². The molecule has 0 bridgehead atoms. The van der Waals surface area contributed by atoms with Gasteiger partial charge in [-0.05, 0) is 6.92 Å². The van der Waals surface area contributed by atoms with Gasteiger partial charge in [0.05, 0.1) is 24.1 Å². The highest BCUT2D eigenvalue weighted by atomic mass is 32.1. The second-order valence-corrected chi connectivity index (χ2v) is 5.85. The maximum absolute atomic E-state index is 13.0. The van der Waals surface area contributed by atoms with Gasteiger partial charge in [-0.15, -0.1) is 11.3 Å². The molecule has 0 saturated carbocycles. The number of hydrogen-bond donors (Lipinski definition) is 1. The molecule has 0 aromatic carbocycles. The lowest BCUT2D eigenvalue weighted by atomic mass is 10.1. The van der Waals surface area contributed by atoms with Gasteiger partial charge in [-0.25, -0.2) is 13.8 Å². The molecule has 1 aliphatic heterocycles. The molecule has 1 aliphatic rings. The summed E-state index contributed by atoms with van der Waals surface area (Å²) in [6.07, 6.45) is 1.29. The van der Waals surface area contributed by atoms with Crippen LogP contribution < -0.4 is 5.32 Å². The second kappa shape index (κ2) is 4.89. The number of nitrogens with zero attached hydrogens (tertiary/aromatic N) is 2. The van der Waals surface area contributed by atoms with E-state index in [4.69, 9.17) is 0 Å².